The number of nitriles is 1. The number of amides is 1. The summed E-state index contributed by atoms with van der Waals surface area (Å²) in [5.74, 6) is 0.00429. The van der Waals surface area contributed by atoms with Crippen LogP contribution >= 0.6 is 0 Å². The molecule has 9 heteroatoms. The number of hydrogen-bond donors (Lipinski definition) is 4. The van der Waals surface area contributed by atoms with Gasteiger partial charge in [0.05, 0.1) is 41.6 Å². The van der Waals surface area contributed by atoms with E-state index in [0.717, 1.165) is 37.2 Å². The first-order chi connectivity index (χ1) is 14.8. The number of nitrogens with zero attached hydrogens (tertiary/aromatic N) is 4. The summed E-state index contributed by atoms with van der Waals surface area (Å²) in [5, 5.41) is 18.0. The maximum Gasteiger partial charge on any atom is 0.233 e. The summed E-state index contributed by atoms with van der Waals surface area (Å²) in [6.45, 7) is 7.36. The van der Waals surface area contributed by atoms with Gasteiger partial charge in [-0.05, 0) is 64.4 Å². The van der Waals surface area contributed by atoms with Crippen LogP contribution in [0.4, 0.5) is 5.69 Å². The summed E-state index contributed by atoms with van der Waals surface area (Å²) in [6, 6.07) is 4.42. The Bertz CT molecular complexity index is 844. The largest absolute Gasteiger partial charge is 0.324 e. The Balaban J connectivity index is 1.46. The Morgan fingerprint density at radius 2 is 2.13 bits per heavy atom. The highest BCUT2D eigenvalue weighted by molar-refractivity contribution is 5.94. The summed E-state index contributed by atoms with van der Waals surface area (Å²) in [4.78, 5) is 19.9. The molecule has 0 aliphatic carbocycles. The Hall–Kier alpha value is -2.09. The van der Waals surface area contributed by atoms with E-state index in [4.69, 9.17) is 5.73 Å². The lowest BCUT2D eigenvalue weighted by Gasteiger charge is -2.40. The number of nitrogens with one attached hydrogen (secondary N) is 3. The molecular formula is C22H34N8O. The van der Waals surface area contributed by atoms with Crippen molar-refractivity contribution in [3.8, 4) is 6.07 Å². The van der Waals surface area contributed by atoms with E-state index in [2.05, 4.69) is 39.1 Å². The highest BCUT2D eigenvalue weighted by Crippen LogP contribution is 2.34. The quantitative estimate of drug-likeness (QED) is 0.553. The first kappa shape index (κ1) is 22.1. The fourth-order valence-electron chi connectivity index (χ4n) is 4.99. The van der Waals surface area contributed by atoms with Crippen molar-refractivity contribution >= 4 is 11.6 Å². The number of aromatic nitrogens is 1. The second-order valence-electron chi connectivity index (χ2n) is 9.75. The minimum absolute atomic E-state index is 0.111. The summed E-state index contributed by atoms with van der Waals surface area (Å²) >= 11 is 0. The lowest BCUT2D eigenvalue weighted by atomic mass is 9.78. The molecule has 5 N–H and O–H groups in total. The standard InChI is InChI=1S/C22H34N8O/c1-22(2,13-23)15-10-26-20-18(19(24)28-30(20)12-15)21(31)27-17-11-25-7-4-16(17)14-5-8-29(3)9-6-14/h4,7,11,14-15,18-20,26,28H,5-6,8-10,12,24H2,1-3H3,(H,27,31). The van der Waals surface area contributed by atoms with E-state index in [-0.39, 0.29) is 18.0 Å². The predicted octanol–water partition coefficient (Wildman–Crippen LogP) is 0.646. The van der Waals surface area contributed by atoms with Crippen molar-refractivity contribution < 1.29 is 4.79 Å². The third-order valence-electron chi connectivity index (χ3n) is 7.25. The average molecular weight is 427 g/mol. The van der Waals surface area contributed by atoms with Crippen LogP contribution in [0.15, 0.2) is 18.5 Å². The molecule has 0 saturated carbocycles. The van der Waals surface area contributed by atoms with E-state index in [1.807, 2.05) is 24.9 Å². The Morgan fingerprint density at radius 3 is 2.84 bits per heavy atom. The molecule has 4 unspecified atom stereocenters. The number of fused-ring (bicyclic) bond motifs is 1. The molecule has 0 radical (unpaired) electrons. The van der Waals surface area contributed by atoms with E-state index in [1.54, 1.807) is 12.4 Å². The summed E-state index contributed by atoms with van der Waals surface area (Å²) in [6.07, 6.45) is 4.99. The van der Waals surface area contributed by atoms with Gasteiger partial charge in [0.2, 0.25) is 5.91 Å². The first-order valence-corrected chi connectivity index (χ1v) is 11.2. The molecule has 4 rings (SSSR count). The Kier molecular flexibility index (Phi) is 6.28. The number of piperidine rings is 1. The lowest BCUT2D eigenvalue weighted by Crippen LogP contribution is -2.59. The molecule has 0 aromatic carbocycles. The zero-order chi connectivity index (χ0) is 22.2. The van der Waals surface area contributed by atoms with Crippen LogP contribution < -0.4 is 21.8 Å². The average Bonchev–Trinajstić information content (AvgIpc) is 3.09. The van der Waals surface area contributed by atoms with Gasteiger partial charge in [0.1, 0.15) is 0 Å². The molecule has 3 saturated heterocycles. The number of hydrazine groups is 1. The third kappa shape index (κ3) is 4.45. The number of likely N-dealkylation sites (tertiary alicyclic amines) is 1. The molecule has 0 spiro atoms. The van der Waals surface area contributed by atoms with Gasteiger partial charge < -0.3 is 16.0 Å². The Morgan fingerprint density at radius 1 is 1.39 bits per heavy atom. The van der Waals surface area contributed by atoms with Crippen molar-refractivity contribution in [3.63, 3.8) is 0 Å². The van der Waals surface area contributed by atoms with Crippen molar-refractivity contribution in [3.05, 3.63) is 24.0 Å². The van der Waals surface area contributed by atoms with Crippen LogP contribution in [0.5, 0.6) is 0 Å². The third-order valence-corrected chi connectivity index (χ3v) is 7.25. The van der Waals surface area contributed by atoms with Crippen molar-refractivity contribution in [2.45, 2.75) is 44.9 Å². The molecule has 0 bridgehead atoms. The number of anilines is 1. The number of rotatable bonds is 4. The minimum Gasteiger partial charge on any atom is -0.324 e. The number of hydrogen-bond acceptors (Lipinski definition) is 8. The van der Waals surface area contributed by atoms with Gasteiger partial charge in [-0.15, -0.1) is 0 Å². The molecule has 3 aliphatic rings. The molecule has 4 atom stereocenters. The predicted molar refractivity (Wildman–Crippen MR) is 118 cm³/mol. The van der Waals surface area contributed by atoms with Crippen LogP contribution in [0.1, 0.15) is 38.2 Å². The van der Waals surface area contributed by atoms with Gasteiger partial charge >= 0.3 is 0 Å². The van der Waals surface area contributed by atoms with Gasteiger partial charge in [-0.25, -0.2) is 10.4 Å². The number of pyridine rings is 1. The van der Waals surface area contributed by atoms with Crippen LogP contribution in [0.3, 0.4) is 0 Å². The smallest absolute Gasteiger partial charge is 0.233 e. The minimum atomic E-state index is -0.495. The van der Waals surface area contributed by atoms with E-state index < -0.39 is 17.5 Å². The number of carbonyl (C=O) groups is 1. The van der Waals surface area contributed by atoms with Crippen molar-refractivity contribution in [1.82, 2.24) is 25.6 Å². The summed E-state index contributed by atoms with van der Waals surface area (Å²) < 4.78 is 0. The fourth-order valence-corrected chi connectivity index (χ4v) is 4.99. The van der Waals surface area contributed by atoms with Crippen molar-refractivity contribution in [1.29, 1.82) is 5.26 Å². The zero-order valence-electron chi connectivity index (χ0n) is 18.6. The molecule has 31 heavy (non-hydrogen) atoms. The first-order valence-electron chi connectivity index (χ1n) is 11.2. The van der Waals surface area contributed by atoms with E-state index in [1.165, 1.54) is 0 Å². The van der Waals surface area contributed by atoms with Gasteiger partial charge in [-0.2, -0.15) is 5.26 Å². The van der Waals surface area contributed by atoms with Gasteiger partial charge in [0.15, 0.2) is 0 Å². The normalized spacial score (nSPS) is 30.5. The summed E-state index contributed by atoms with van der Waals surface area (Å²) in [7, 11) is 2.14. The van der Waals surface area contributed by atoms with E-state index >= 15 is 0 Å². The van der Waals surface area contributed by atoms with Crippen LogP contribution in [-0.2, 0) is 4.79 Å². The maximum atomic E-state index is 13.3. The fraction of sp³-hybridized carbons (Fsp3) is 0.682. The van der Waals surface area contributed by atoms with Crippen LogP contribution in [-0.4, -0.2) is 66.4 Å². The number of nitrogens with two attached hydrogens (primary N) is 1. The van der Waals surface area contributed by atoms with Gasteiger partial charge in [-0.1, -0.05) is 0 Å². The molecule has 3 aliphatic heterocycles. The molecular weight excluding hydrogens is 392 g/mol. The van der Waals surface area contributed by atoms with Gasteiger partial charge in [0, 0.05) is 25.2 Å². The van der Waals surface area contributed by atoms with Crippen LogP contribution in [0.25, 0.3) is 0 Å². The highest BCUT2D eigenvalue weighted by atomic mass is 16.2. The van der Waals surface area contributed by atoms with Crippen molar-refractivity contribution in [2.75, 3.05) is 38.5 Å². The van der Waals surface area contributed by atoms with Crippen LogP contribution in [0, 0.1) is 28.6 Å². The second kappa shape index (κ2) is 8.81. The van der Waals surface area contributed by atoms with Gasteiger partial charge in [0.25, 0.3) is 0 Å². The highest BCUT2D eigenvalue weighted by Gasteiger charge is 2.49. The molecule has 1 amide bonds. The molecule has 1 aromatic rings. The number of carbonyl (C=O) groups excluding carboxylic acids is 1. The monoisotopic (exact) mass is 426 g/mol. The Labute approximate surface area is 184 Å². The molecule has 1 aromatic heterocycles. The van der Waals surface area contributed by atoms with Gasteiger partial charge in [-0.3, -0.25) is 15.1 Å². The lowest BCUT2D eigenvalue weighted by molar-refractivity contribution is -0.121. The SMILES string of the molecule is CN1CCC(c2ccncc2NC(=O)C2C(N)NN3CC(C(C)(C)C#N)CNC23)CC1. The van der Waals surface area contributed by atoms with E-state index in [0.29, 0.717) is 19.0 Å². The van der Waals surface area contributed by atoms with E-state index in [9.17, 15) is 10.1 Å². The molecule has 9 nitrogen and oxygen atoms in total. The second-order valence-corrected chi connectivity index (χ2v) is 9.75. The zero-order valence-corrected chi connectivity index (χ0v) is 18.6. The maximum absolute atomic E-state index is 13.3. The summed E-state index contributed by atoms with van der Waals surface area (Å²) in [5.41, 5.74) is 11.1. The van der Waals surface area contributed by atoms with Crippen molar-refractivity contribution in [2.24, 2.45) is 23.0 Å². The molecule has 168 valence electrons. The molecule has 3 fully saturated rings. The molecule has 4 heterocycles. The topological polar surface area (TPSA) is 122 Å². The van der Waals surface area contributed by atoms with Crippen LogP contribution in [0.2, 0.25) is 0 Å².